The molecule has 1 N–H and O–H groups in total. The van der Waals surface area contributed by atoms with E-state index in [0.717, 1.165) is 51.0 Å². The highest BCUT2D eigenvalue weighted by atomic mass is 127. The smallest absolute Gasteiger partial charge is 0.194 e. The van der Waals surface area contributed by atoms with Crippen LogP contribution in [-0.4, -0.2) is 67.6 Å². The summed E-state index contributed by atoms with van der Waals surface area (Å²) in [7, 11) is 4.26. The SMILES string of the molecule is CCNC(=NCc1ccnc(N2CCN(C)CC2)c1)N(C)Cc1ccc(C)cc1.I. The van der Waals surface area contributed by atoms with Gasteiger partial charge in [0.2, 0.25) is 0 Å². The van der Waals surface area contributed by atoms with E-state index in [2.05, 4.69) is 89.3 Å². The summed E-state index contributed by atoms with van der Waals surface area (Å²) >= 11 is 0. The predicted octanol–water partition coefficient (Wildman–Crippen LogP) is 3.36. The molecule has 0 spiro atoms. The number of aromatic nitrogens is 1. The molecule has 0 aliphatic carbocycles. The molecule has 1 aliphatic heterocycles. The zero-order valence-corrected chi connectivity index (χ0v) is 21.0. The van der Waals surface area contributed by atoms with Crippen LogP contribution in [0.3, 0.4) is 0 Å². The van der Waals surface area contributed by atoms with Crippen molar-refractivity contribution in [3.8, 4) is 0 Å². The van der Waals surface area contributed by atoms with Crippen molar-refractivity contribution < 1.29 is 0 Å². The lowest BCUT2D eigenvalue weighted by Gasteiger charge is -2.33. The van der Waals surface area contributed by atoms with E-state index in [1.165, 1.54) is 16.7 Å². The molecule has 1 aromatic heterocycles. The number of hydrogen-bond acceptors (Lipinski definition) is 4. The van der Waals surface area contributed by atoms with Gasteiger partial charge in [-0.3, -0.25) is 0 Å². The van der Waals surface area contributed by atoms with Gasteiger partial charge < -0.3 is 20.0 Å². The molecule has 1 saturated heterocycles. The number of guanidine groups is 1. The van der Waals surface area contributed by atoms with Crippen molar-refractivity contribution in [2.75, 3.05) is 51.7 Å². The lowest BCUT2D eigenvalue weighted by atomic mass is 10.1. The Balaban J connectivity index is 0.00000320. The third-order valence-electron chi connectivity index (χ3n) is 5.29. The van der Waals surface area contributed by atoms with Crippen molar-refractivity contribution in [2.24, 2.45) is 4.99 Å². The van der Waals surface area contributed by atoms with Crippen molar-refractivity contribution in [3.05, 3.63) is 59.3 Å². The Morgan fingerprint density at radius 1 is 1.10 bits per heavy atom. The molecule has 0 atom stereocenters. The summed E-state index contributed by atoms with van der Waals surface area (Å²) in [4.78, 5) is 16.4. The average Bonchev–Trinajstić information content (AvgIpc) is 2.73. The molecule has 3 rings (SSSR count). The number of benzene rings is 1. The fourth-order valence-corrected chi connectivity index (χ4v) is 3.45. The molecular weight excluding hydrogens is 487 g/mol. The summed E-state index contributed by atoms with van der Waals surface area (Å²) in [5.74, 6) is 1.98. The summed E-state index contributed by atoms with van der Waals surface area (Å²) in [6.07, 6.45) is 1.90. The fourth-order valence-electron chi connectivity index (χ4n) is 3.45. The van der Waals surface area contributed by atoms with E-state index < -0.39 is 0 Å². The average molecular weight is 522 g/mol. The minimum Gasteiger partial charge on any atom is -0.357 e. The van der Waals surface area contributed by atoms with E-state index in [0.29, 0.717) is 6.54 Å². The Morgan fingerprint density at radius 3 is 2.47 bits per heavy atom. The monoisotopic (exact) mass is 522 g/mol. The number of likely N-dealkylation sites (N-methyl/N-ethyl adjacent to an activating group) is 1. The molecule has 6 nitrogen and oxygen atoms in total. The molecule has 164 valence electrons. The first-order valence-corrected chi connectivity index (χ1v) is 10.5. The number of nitrogens with one attached hydrogen (secondary N) is 1. The number of aliphatic imine (C=N–C) groups is 1. The van der Waals surface area contributed by atoms with Crippen molar-refractivity contribution >= 4 is 35.8 Å². The van der Waals surface area contributed by atoms with Gasteiger partial charge in [-0.2, -0.15) is 0 Å². The molecule has 0 unspecified atom stereocenters. The largest absolute Gasteiger partial charge is 0.357 e. The van der Waals surface area contributed by atoms with Crippen LogP contribution in [-0.2, 0) is 13.1 Å². The van der Waals surface area contributed by atoms with Crippen LogP contribution in [0.25, 0.3) is 0 Å². The van der Waals surface area contributed by atoms with Crippen LogP contribution in [0.4, 0.5) is 5.82 Å². The number of anilines is 1. The topological polar surface area (TPSA) is 47.0 Å². The van der Waals surface area contributed by atoms with Gasteiger partial charge >= 0.3 is 0 Å². The normalized spacial score (nSPS) is 14.9. The van der Waals surface area contributed by atoms with Gasteiger partial charge in [0, 0.05) is 52.5 Å². The molecule has 0 radical (unpaired) electrons. The van der Waals surface area contributed by atoms with Crippen LogP contribution in [0.1, 0.15) is 23.6 Å². The van der Waals surface area contributed by atoms with Crippen LogP contribution >= 0.6 is 24.0 Å². The van der Waals surface area contributed by atoms with Gasteiger partial charge in [-0.15, -0.1) is 24.0 Å². The summed E-state index contributed by atoms with van der Waals surface area (Å²) in [6, 6.07) is 12.9. The van der Waals surface area contributed by atoms with E-state index in [-0.39, 0.29) is 24.0 Å². The van der Waals surface area contributed by atoms with Crippen molar-refractivity contribution in [1.29, 1.82) is 0 Å². The van der Waals surface area contributed by atoms with Crippen molar-refractivity contribution in [2.45, 2.75) is 26.9 Å². The van der Waals surface area contributed by atoms with Crippen LogP contribution < -0.4 is 10.2 Å². The van der Waals surface area contributed by atoms with E-state index in [9.17, 15) is 0 Å². The maximum absolute atomic E-state index is 4.87. The van der Waals surface area contributed by atoms with Gasteiger partial charge in [0.15, 0.2) is 5.96 Å². The first-order chi connectivity index (χ1) is 14.0. The van der Waals surface area contributed by atoms with Crippen LogP contribution in [0.5, 0.6) is 0 Å². The molecule has 0 bridgehead atoms. The number of nitrogens with zero attached hydrogens (tertiary/aromatic N) is 5. The van der Waals surface area contributed by atoms with E-state index in [1.807, 2.05) is 6.20 Å². The standard InChI is InChI=1S/C23H34N6.HI/c1-5-24-23(28(4)18-20-8-6-19(2)7-9-20)26-17-21-10-11-25-22(16-21)29-14-12-27(3)13-15-29;/h6-11,16H,5,12-15,17-18H2,1-4H3,(H,24,26);1H. The Morgan fingerprint density at radius 2 is 1.80 bits per heavy atom. The van der Waals surface area contributed by atoms with Gasteiger partial charge in [-0.05, 0) is 44.2 Å². The van der Waals surface area contributed by atoms with E-state index >= 15 is 0 Å². The minimum absolute atomic E-state index is 0. The fraction of sp³-hybridized carbons (Fsp3) is 0.478. The number of hydrogen-bond donors (Lipinski definition) is 1. The molecule has 2 aromatic rings. The highest BCUT2D eigenvalue weighted by molar-refractivity contribution is 14.0. The molecule has 0 saturated carbocycles. The highest BCUT2D eigenvalue weighted by Gasteiger charge is 2.15. The number of piperazine rings is 1. The maximum Gasteiger partial charge on any atom is 0.194 e. The van der Waals surface area contributed by atoms with Crippen molar-refractivity contribution in [3.63, 3.8) is 0 Å². The third kappa shape index (κ3) is 7.12. The molecule has 30 heavy (non-hydrogen) atoms. The number of aryl methyl sites for hydroxylation is 1. The maximum atomic E-state index is 4.87. The van der Waals surface area contributed by atoms with Gasteiger partial charge in [-0.25, -0.2) is 9.98 Å². The minimum atomic E-state index is 0. The first kappa shape index (κ1) is 24.4. The van der Waals surface area contributed by atoms with Crippen LogP contribution in [0.2, 0.25) is 0 Å². The van der Waals surface area contributed by atoms with Crippen molar-refractivity contribution in [1.82, 2.24) is 20.1 Å². The summed E-state index contributed by atoms with van der Waals surface area (Å²) in [6.45, 7) is 10.8. The van der Waals surface area contributed by atoms with E-state index in [1.54, 1.807) is 0 Å². The third-order valence-corrected chi connectivity index (χ3v) is 5.29. The molecule has 7 heteroatoms. The molecule has 0 amide bonds. The Hall–Kier alpha value is -1.87. The lowest BCUT2D eigenvalue weighted by Crippen LogP contribution is -2.44. The lowest BCUT2D eigenvalue weighted by molar-refractivity contribution is 0.312. The highest BCUT2D eigenvalue weighted by Crippen LogP contribution is 2.15. The van der Waals surface area contributed by atoms with Crippen LogP contribution in [0, 0.1) is 6.92 Å². The Bertz CT molecular complexity index is 800. The zero-order chi connectivity index (χ0) is 20.6. The van der Waals surface area contributed by atoms with Gasteiger partial charge in [0.1, 0.15) is 5.82 Å². The van der Waals surface area contributed by atoms with Gasteiger partial charge in [0.25, 0.3) is 0 Å². The van der Waals surface area contributed by atoms with Gasteiger partial charge in [0.05, 0.1) is 6.54 Å². The van der Waals surface area contributed by atoms with E-state index in [4.69, 9.17) is 4.99 Å². The second-order valence-corrected chi connectivity index (χ2v) is 7.82. The number of halogens is 1. The molecular formula is C23H35IN6. The molecule has 1 aliphatic rings. The molecule has 2 heterocycles. The quantitative estimate of drug-likeness (QED) is 0.358. The summed E-state index contributed by atoms with van der Waals surface area (Å²) < 4.78 is 0. The summed E-state index contributed by atoms with van der Waals surface area (Å²) in [5, 5.41) is 3.41. The first-order valence-electron chi connectivity index (χ1n) is 10.5. The second-order valence-electron chi connectivity index (χ2n) is 7.82. The Labute approximate surface area is 198 Å². The molecule has 1 aromatic carbocycles. The number of pyridine rings is 1. The zero-order valence-electron chi connectivity index (χ0n) is 18.6. The van der Waals surface area contributed by atoms with Gasteiger partial charge in [-0.1, -0.05) is 29.8 Å². The second kappa shape index (κ2) is 12.1. The Kier molecular flexibility index (Phi) is 9.84. The van der Waals surface area contributed by atoms with Crippen LogP contribution in [0.15, 0.2) is 47.6 Å². The molecule has 1 fully saturated rings. The predicted molar refractivity (Wildman–Crippen MR) is 137 cm³/mol. The number of rotatable bonds is 6. The summed E-state index contributed by atoms with van der Waals surface area (Å²) in [5.41, 5.74) is 3.75.